The predicted octanol–water partition coefficient (Wildman–Crippen LogP) is 5.13. The number of hydrogen-bond donors (Lipinski definition) is 2. The first kappa shape index (κ1) is 24.4. The third-order valence-corrected chi connectivity index (χ3v) is 7.88. The molecule has 0 aliphatic heterocycles. The van der Waals surface area contributed by atoms with E-state index in [-0.39, 0.29) is 23.3 Å². The van der Waals surface area contributed by atoms with Crippen molar-refractivity contribution >= 4 is 38.8 Å². The number of nitrogens with one attached hydrogen (secondary N) is 1. The third kappa shape index (κ3) is 4.51. The van der Waals surface area contributed by atoms with Crippen molar-refractivity contribution in [1.29, 1.82) is 0 Å². The monoisotopic (exact) mass is 531 g/mol. The molecule has 0 fully saturated rings. The standard InChI is InChI=1S/C30H25N7OS/c1-18-22(17-36(3)34-18)12-10-20-11-13-24-23(16-20)25(21-8-5-4-6-9-21)27(39-24)19(2)33-30(38)26-28(31)35-37-15-7-14-32-29(26)37/h4-9,11,13-17,19H,1-3H3,(H2,31,35)(H,33,38)/t19-/m1/s1. The minimum Gasteiger partial charge on any atom is -0.381 e. The van der Waals surface area contributed by atoms with Gasteiger partial charge in [0.05, 0.1) is 17.3 Å². The number of nitrogens with two attached hydrogens (primary N) is 1. The molecule has 0 bridgehead atoms. The fraction of sp³-hybridized carbons (Fsp3) is 0.133. The smallest absolute Gasteiger partial charge is 0.259 e. The second-order valence-corrected chi connectivity index (χ2v) is 10.4. The molecular weight excluding hydrogens is 506 g/mol. The topological polar surface area (TPSA) is 103 Å². The zero-order valence-corrected chi connectivity index (χ0v) is 22.5. The number of nitrogen functional groups attached to an aromatic ring is 1. The van der Waals surface area contributed by atoms with Crippen molar-refractivity contribution in [3.8, 4) is 23.0 Å². The van der Waals surface area contributed by atoms with Gasteiger partial charge in [-0.1, -0.05) is 42.2 Å². The second kappa shape index (κ2) is 9.74. The first-order chi connectivity index (χ1) is 18.9. The normalized spacial score (nSPS) is 11.9. The molecule has 0 radical (unpaired) electrons. The van der Waals surface area contributed by atoms with Crippen LogP contribution in [-0.2, 0) is 7.05 Å². The van der Waals surface area contributed by atoms with Crippen LogP contribution in [0.5, 0.6) is 0 Å². The van der Waals surface area contributed by atoms with Gasteiger partial charge in [-0.2, -0.15) is 5.10 Å². The first-order valence-corrected chi connectivity index (χ1v) is 13.2. The molecule has 2 aromatic carbocycles. The van der Waals surface area contributed by atoms with Crippen molar-refractivity contribution in [3.63, 3.8) is 0 Å². The fourth-order valence-corrected chi connectivity index (χ4v) is 5.93. The highest BCUT2D eigenvalue weighted by atomic mass is 32.1. The second-order valence-electron chi connectivity index (χ2n) is 9.31. The van der Waals surface area contributed by atoms with Crippen LogP contribution in [0.1, 0.15) is 45.0 Å². The lowest BCUT2D eigenvalue weighted by atomic mass is 9.98. The highest BCUT2D eigenvalue weighted by Crippen LogP contribution is 2.42. The Bertz CT molecular complexity index is 1920. The molecule has 0 aliphatic carbocycles. The Morgan fingerprint density at radius 2 is 1.92 bits per heavy atom. The number of carbonyl (C=O) groups is 1. The Morgan fingerprint density at radius 1 is 1.10 bits per heavy atom. The number of hydrogen-bond acceptors (Lipinski definition) is 6. The number of fused-ring (bicyclic) bond motifs is 2. The Labute approximate surface area is 229 Å². The van der Waals surface area contributed by atoms with Crippen molar-refractivity contribution in [1.82, 2.24) is 29.7 Å². The lowest BCUT2D eigenvalue weighted by Gasteiger charge is -2.15. The van der Waals surface area contributed by atoms with Gasteiger partial charge in [0.25, 0.3) is 5.91 Å². The maximum absolute atomic E-state index is 13.4. The maximum atomic E-state index is 13.4. The molecule has 4 heterocycles. The van der Waals surface area contributed by atoms with E-state index in [4.69, 9.17) is 5.73 Å². The van der Waals surface area contributed by atoms with Gasteiger partial charge in [0.1, 0.15) is 5.56 Å². The van der Waals surface area contributed by atoms with Gasteiger partial charge in [0.2, 0.25) is 0 Å². The number of aromatic nitrogens is 5. The molecule has 0 unspecified atom stereocenters. The SMILES string of the molecule is Cc1nn(C)cc1C#Cc1ccc2sc([C@@H](C)NC(=O)c3c(N)nn4cccnc34)c(-c3ccccc3)c2c1. The summed E-state index contributed by atoms with van der Waals surface area (Å²) in [4.78, 5) is 18.7. The molecule has 9 heteroatoms. The summed E-state index contributed by atoms with van der Waals surface area (Å²) in [7, 11) is 1.89. The van der Waals surface area contributed by atoms with Crippen LogP contribution in [-0.4, -0.2) is 30.3 Å². The van der Waals surface area contributed by atoms with Gasteiger partial charge >= 0.3 is 0 Å². The number of carbonyl (C=O) groups excluding carboxylic acids is 1. The van der Waals surface area contributed by atoms with E-state index in [0.717, 1.165) is 42.9 Å². The molecule has 39 heavy (non-hydrogen) atoms. The number of amides is 1. The highest BCUT2D eigenvalue weighted by molar-refractivity contribution is 7.19. The Kier molecular flexibility index (Phi) is 6.09. The van der Waals surface area contributed by atoms with Crippen LogP contribution in [0, 0.1) is 18.8 Å². The zero-order chi connectivity index (χ0) is 27.1. The van der Waals surface area contributed by atoms with E-state index < -0.39 is 0 Å². The van der Waals surface area contributed by atoms with Gasteiger partial charge in [-0.15, -0.1) is 16.4 Å². The minimum atomic E-state index is -0.316. The van der Waals surface area contributed by atoms with Crippen molar-refractivity contribution in [2.24, 2.45) is 7.05 Å². The van der Waals surface area contributed by atoms with Crippen LogP contribution in [0.4, 0.5) is 5.82 Å². The first-order valence-electron chi connectivity index (χ1n) is 12.4. The molecule has 0 aliphatic rings. The number of aryl methyl sites for hydroxylation is 2. The Hall–Kier alpha value is -4.94. The largest absolute Gasteiger partial charge is 0.381 e. The van der Waals surface area contributed by atoms with Crippen LogP contribution in [0.25, 0.3) is 26.9 Å². The van der Waals surface area contributed by atoms with Crippen molar-refractivity contribution in [2.75, 3.05) is 5.73 Å². The Balaban J connectivity index is 1.41. The molecule has 192 valence electrons. The maximum Gasteiger partial charge on any atom is 0.259 e. The van der Waals surface area contributed by atoms with Gasteiger partial charge in [-0.3, -0.25) is 9.48 Å². The van der Waals surface area contributed by atoms with Gasteiger partial charge < -0.3 is 11.1 Å². The summed E-state index contributed by atoms with van der Waals surface area (Å²) in [5, 5.41) is 12.8. The molecule has 6 aromatic rings. The number of benzene rings is 2. The van der Waals surface area contributed by atoms with Gasteiger partial charge in [-0.05, 0) is 43.7 Å². The Morgan fingerprint density at radius 3 is 2.69 bits per heavy atom. The van der Waals surface area contributed by atoms with Crippen LogP contribution in [0.15, 0.2) is 73.2 Å². The molecule has 0 spiro atoms. The number of nitrogens with zero attached hydrogens (tertiary/aromatic N) is 5. The molecule has 0 saturated heterocycles. The van der Waals surface area contributed by atoms with E-state index in [2.05, 4.69) is 56.6 Å². The van der Waals surface area contributed by atoms with Crippen LogP contribution in [0.3, 0.4) is 0 Å². The molecule has 6 rings (SSSR count). The van der Waals surface area contributed by atoms with Crippen LogP contribution in [0.2, 0.25) is 0 Å². The van der Waals surface area contributed by atoms with Crippen LogP contribution >= 0.6 is 11.3 Å². The van der Waals surface area contributed by atoms with E-state index in [1.807, 2.05) is 51.4 Å². The van der Waals surface area contributed by atoms with Crippen molar-refractivity contribution in [3.05, 3.63) is 100 Å². The average Bonchev–Trinajstić information content (AvgIpc) is 3.58. The van der Waals surface area contributed by atoms with E-state index in [1.165, 1.54) is 4.52 Å². The lowest BCUT2D eigenvalue weighted by molar-refractivity contribution is 0.0943. The lowest BCUT2D eigenvalue weighted by Crippen LogP contribution is -2.27. The van der Waals surface area contributed by atoms with E-state index in [0.29, 0.717) is 5.65 Å². The number of rotatable bonds is 4. The summed E-state index contributed by atoms with van der Waals surface area (Å²) in [5.74, 6) is 6.38. The molecular formula is C30H25N7OS. The van der Waals surface area contributed by atoms with E-state index in [1.54, 1.807) is 34.5 Å². The highest BCUT2D eigenvalue weighted by Gasteiger charge is 2.24. The third-order valence-electron chi connectivity index (χ3n) is 6.52. The van der Waals surface area contributed by atoms with E-state index >= 15 is 0 Å². The number of anilines is 1. The molecule has 1 atom stereocenters. The molecule has 8 nitrogen and oxygen atoms in total. The van der Waals surface area contributed by atoms with Gasteiger partial charge in [-0.25, -0.2) is 9.50 Å². The summed E-state index contributed by atoms with van der Waals surface area (Å²) in [5.41, 5.74) is 11.7. The molecule has 3 N–H and O–H groups in total. The molecule has 4 aromatic heterocycles. The summed E-state index contributed by atoms with van der Waals surface area (Å²) in [6.07, 6.45) is 5.26. The summed E-state index contributed by atoms with van der Waals surface area (Å²) >= 11 is 1.66. The fourth-order valence-electron chi connectivity index (χ4n) is 4.72. The average molecular weight is 532 g/mol. The van der Waals surface area contributed by atoms with Gasteiger partial charge in [0, 0.05) is 51.7 Å². The van der Waals surface area contributed by atoms with Crippen molar-refractivity contribution in [2.45, 2.75) is 19.9 Å². The van der Waals surface area contributed by atoms with Crippen LogP contribution < -0.4 is 11.1 Å². The minimum absolute atomic E-state index is 0.144. The predicted molar refractivity (Wildman–Crippen MR) is 154 cm³/mol. The summed E-state index contributed by atoms with van der Waals surface area (Å²) < 4.78 is 4.40. The van der Waals surface area contributed by atoms with Gasteiger partial charge in [0.15, 0.2) is 11.5 Å². The van der Waals surface area contributed by atoms with E-state index in [9.17, 15) is 4.79 Å². The zero-order valence-electron chi connectivity index (χ0n) is 21.6. The quantitative estimate of drug-likeness (QED) is 0.307. The molecule has 1 amide bonds. The summed E-state index contributed by atoms with van der Waals surface area (Å²) in [6.45, 7) is 3.94. The van der Waals surface area contributed by atoms with Crippen molar-refractivity contribution < 1.29 is 4.79 Å². The summed E-state index contributed by atoms with van der Waals surface area (Å²) in [6, 6.07) is 17.9. The number of thiophene rings is 1. The molecule has 0 saturated carbocycles.